The van der Waals surface area contributed by atoms with E-state index in [9.17, 15) is 18.0 Å². The Labute approximate surface area is 160 Å². The van der Waals surface area contributed by atoms with Crippen molar-refractivity contribution >= 4 is 21.9 Å². The maximum Gasteiger partial charge on any atom is 0.338 e. The number of amides is 1. The number of hydrogen-bond acceptors (Lipinski definition) is 5. The lowest BCUT2D eigenvalue weighted by Gasteiger charge is -2.30. The molecule has 2 aliphatic heterocycles. The van der Waals surface area contributed by atoms with Crippen molar-refractivity contribution in [1.82, 2.24) is 9.21 Å². The van der Waals surface area contributed by atoms with E-state index in [4.69, 9.17) is 4.74 Å². The average Bonchev–Trinajstić information content (AvgIpc) is 3.21. The van der Waals surface area contributed by atoms with E-state index in [1.807, 2.05) is 0 Å². The summed E-state index contributed by atoms with van der Waals surface area (Å²) in [6.07, 6.45) is 3.75. The third kappa shape index (κ3) is 4.68. The van der Waals surface area contributed by atoms with Gasteiger partial charge >= 0.3 is 5.97 Å². The molecule has 0 bridgehead atoms. The van der Waals surface area contributed by atoms with Gasteiger partial charge in [0.05, 0.1) is 10.5 Å². The zero-order chi connectivity index (χ0) is 19.4. The number of sulfonamides is 1. The number of piperidine rings is 1. The van der Waals surface area contributed by atoms with Gasteiger partial charge in [0.15, 0.2) is 6.61 Å². The van der Waals surface area contributed by atoms with Crippen LogP contribution in [0.25, 0.3) is 0 Å². The van der Waals surface area contributed by atoms with Crippen LogP contribution < -0.4 is 0 Å². The van der Waals surface area contributed by atoms with Gasteiger partial charge in [-0.3, -0.25) is 4.79 Å². The topological polar surface area (TPSA) is 84.0 Å². The van der Waals surface area contributed by atoms with Crippen LogP contribution in [0.15, 0.2) is 29.2 Å². The molecule has 8 heteroatoms. The van der Waals surface area contributed by atoms with E-state index in [1.165, 1.54) is 28.6 Å². The van der Waals surface area contributed by atoms with Gasteiger partial charge in [0.1, 0.15) is 0 Å². The number of hydrogen-bond donors (Lipinski definition) is 0. The first-order valence-corrected chi connectivity index (χ1v) is 10.9. The lowest BCUT2D eigenvalue weighted by atomic mass is 10.0. The molecule has 0 spiro atoms. The summed E-state index contributed by atoms with van der Waals surface area (Å²) in [4.78, 5) is 26.3. The highest BCUT2D eigenvalue weighted by molar-refractivity contribution is 7.89. The molecule has 2 fully saturated rings. The van der Waals surface area contributed by atoms with E-state index in [2.05, 4.69) is 6.92 Å². The Hall–Kier alpha value is -1.93. The Balaban J connectivity index is 1.62. The molecule has 2 aliphatic rings. The normalized spacial score (nSPS) is 21.2. The molecule has 0 unspecified atom stereocenters. The van der Waals surface area contributed by atoms with Crippen molar-refractivity contribution in [3.8, 4) is 0 Å². The van der Waals surface area contributed by atoms with Crippen LogP contribution in [0.5, 0.6) is 0 Å². The lowest BCUT2D eigenvalue weighted by Crippen LogP contribution is -2.41. The van der Waals surface area contributed by atoms with Crippen molar-refractivity contribution in [2.45, 2.75) is 37.5 Å². The zero-order valence-corrected chi connectivity index (χ0v) is 16.4. The molecule has 1 aromatic rings. The molecule has 0 saturated carbocycles. The van der Waals surface area contributed by atoms with Gasteiger partial charge in [-0.05, 0) is 49.8 Å². The molecule has 1 aromatic carbocycles. The molecule has 2 heterocycles. The molecule has 1 atom stereocenters. The molecule has 0 aromatic heterocycles. The van der Waals surface area contributed by atoms with Crippen molar-refractivity contribution in [3.05, 3.63) is 29.8 Å². The lowest BCUT2D eigenvalue weighted by molar-refractivity contribution is -0.136. The van der Waals surface area contributed by atoms with Crippen molar-refractivity contribution in [2.24, 2.45) is 5.92 Å². The highest BCUT2D eigenvalue weighted by atomic mass is 32.2. The number of carbonyl (C=O) groups is 2. The first kappa shape index (κ1) is 19.8. The third-order valence-electron chi connectivity index (χ3n) is 5.11. The van der Waals surface area contributed by atoms with Gasteiger partial charge in [-0.25, -0.2) is 13.2 Å². The summed E-state index contributed by atoms with van der Waals surface area (Å²) in [7, 11) is -3.60. The minimum absolute atomic E-state index is 0.0787. The summed E-state index contributed by atoms with van der Waals surface area (Å²) in [5, 5.41) is 0. The third-order valence-corrected chi connectivity index (χ3v) is 7.00. The van der Waals surface area contributed by atoms with Crippen molar-refractivity contribution in [2.75, 3.05) is 32.8 Å². The fraction of sp³-hybridized carbons (Fsp3) is 0.579. The van der Waals surface area contributed by atoms with Gasteiger partial charge in [-0.2, -0.15) is 4.31 Å². The number of carbonyl (C=O) groups excluding carboxylic acids is 2. The van der Waals surface area contributed by atoms with E-state index < -0.39 is 16.0 Å². The van der Waals surface area contributed by atoms with E-state index in [-0.39, 0.29) is 23.0 Å². The maximum atomic E-state index is 12.6. The predicted molar refractivity (Wildman–Crippen MR) is 99.7 cm³/mol. The monoisotopic (exact) mass is 394 g/mol. The maximum absolute atomic E-state index is 12.6. The Morgan fingerprint density at radius 2 is 1.89 bits per heavy atom. The van der Waals surface area contributed by atoms with Crippen molar-refractivity contribution in [3.63, 3.8) is 0 Å². The second kappa shape index (κ2) is 8.39. The molecular weight excluding hydrogens is 368 g/mol. The molecule has 148 valence electrons. The smallest absolute Gasteiger partial charge is 0.338 e. The SMILES string of the molecule is C[C@H]1CCCN(C(=O)COC(=O)c2cccc(S(=O)(=O)N3CCCC3)c2)C1. The van der Waals surface area contributed by atoms with Gasteiger partial charge in [0.2, 0.25) is 10.0 Å². The molecule has 3 rings (SSSR count). The van der Waals surface area contributed by atoms with Crippen LogP contribution >= 0.6 is 0 Å². The quantitative estimate of drug-likeness (QED) is 0.712. The summed E-state index contributed by atoms with van der Waals surface area (Å²) in [5.41, 5.74) is 0.134. The van der Waals surface area contributed by atoms with Gasteiger partial charge in [0, 0.05) is 26.2 Å². The number of ether oxygens (including phenoxy) is 1. The first-order valence-electron chi connectivity index (χ1n) is 9.43. The standard InChI is InChI=1S/C19H26N2O5S/c1-15-6-5-9-20(13-15)18(22)14-26-19(23)16-7-4-8-17(12-16)27(24,25)21-10-2-3-11-21/h4,7-8,12,15H,2-3,5-6,9-11,13-14H2,1H3/t15-/m0/s1. The number of likely N-dealkylation sites (tertiary alicyclic amines) is 1. The van der Waals surface area contributed by atoms with Crippen LogP contribution in [-0.2, 0) is 19.6 Å². The minimum atomic E-state index is -3.60. The van der Waals surface area contributed by atoms with Gasteiger partial charge in [-0.15, -0.1) is 0 Å². The number of rotatable bonds is 5. The van der Waals surface area contributed by atoms with Crippen LogP contribution in [0.4, 0.5) is 0 Å². The molecule has 0 aliphatic carbocycles. The molecule has 2 saturated heterocycles. The Morgan fingerprint density at radius 3 is 2.59 bits per heavy atom. The van der Waals surface area contributed by atoms with Gasteiger partial charge in [-0.1, -0.05) is 13.0 Å². The second-order valence-corrected chi connectivity index (χ2v) is 9.24. The summed E-state index contributed by atoms with van der Waals surface area (Å²) in [6.45, 7) is 4.14. The summed E-state index contributed by atoms with van der Waals surface area (Å²) in [5.74, 6) is -0.450. The van der Waals surface area contributed by atoms with E-state index in [0.717, 1.165) is 25.7 Å². The Morgan fingerprint density at radius 1 is 1.15 bits per heavy atom. The van der Waals surface area contributed by atoms with E-state index in [0.29, 0.717) is 32.1 Å². The number of esters is 1. The fourth-order valence-electron chi connectivity index (χ4n) is 3.58. The van der Waals surface area contributed by atoms with Crippen LogP contribution in [0, 0.1) is 5.92 Å². The molecule has 27 heavy (non-hydrogen) atoms. The van der Waals surface area contributed by atoms with Gasteiger partial charge < -0.3 is 9.64 Å². The highest BCUT2D eigenvalue weighted by Crippen LogP contribution is 2.22. The summed E-state index contributed by atoms with van der Waals surface area (Å²) < 4.78 is 31.8. The molecule has 7 nitrogen and oxygen atoms in total. The Bertz CT molecular complexity index is 802. The molecule has 1 amide bonds. The highest BCUT2D eigenvalue weighted by Gasteiger charge is 2.28. The largest absolute Gasteiger partial charge is 0.452 e. The van der Waals surface area contributed by atoms with Gasteiger partial charge in [0.25, 0.3) is 5.91 Å². The van der Waals surface area contributed by atoms with Crippen LogP contribution in [0.2, 0.25) is 0 Å². The summed E-state index contributed by atoms with van der Waals surface area (Å²) in [6, 6.07) is 5.82. The van der Waals surface area contributed by atoms with Crippen LogP contribution in [0.1, 0.15) is 43.0 Å². The molecule has 0 N–H and O–H groups in total. The Kier molecular flexibility index (Phi) is 6.16. The van der Waals surface area contributed by atoms with Crippen LogP contribution in [0.3, 0.4) is 0 Å². The van der Waals surface area contributed by atoms with Crippen molar-refractivity contribution in [1.29, 1.82) is 0 Å². The number of benzene rings is 1. The van der Waals surface area contributed by atoms with Crippen molar-refractivity contribution < 1.29 is 22.7 Å². The van der Waals surface area contributed by atoms with E-state index >= 15 is 0 Å². The first-order chi connectivity index (χ1) is 12.9. The second-order valence-electron chi connectivity index (χ2n) is 7.30. The predicted octanol–water partition coefficient (Wildman–Crippen LogP) is 1.89. The minimum Gasteiger partial charge on any atom is -0.452 e. The van der Waals surface area contributed by atoms with Crippen LogP contribution in [-0.4, -0.2) is 62.3 Å². The molecule has 0 radical (unpaired) electrons. The summed E-state index contributed by atoms with van der Waals surface area (Å²) >= 11 is 0. The average molecular weight is 394 g/mol. The fourth-order valence-corrected chi connectivity index (χ4v) is 5.14. The van der Waals surface area contributed by atoms with E-state index in [1.54, 1.807) is 4.90 Å². The number of nitrogens with zero attached hydrogens (tertiary/aromatic N) is 2. The molecular formula is C19H26N2O5S. The zero-order valence-electron chi connectivity index (χ0n) is 15.6.